The third-order valence-corrected chi connectivity index (χ3v) is 20.6. The van der Waals surface area contributed by atoms with E-state index in [1.165, 1.54) is 26.0 Å². The fourth-order valence-corrected chi connectivity index (χ4v) is 14.5. The molecule has 0 spiro atoms. The van der Waals surface area contributed by atoms with Crippen molar-refractivity contribution in [1.82, 2.24) is 29.9 Å². The van der Waals surface area contributed by atoms with E-state index in [-0.39, 0.29) is 204 Å². The first kappa shape index (κ1) is 93.6. The second-order valence-corrected chi connectivity index (χ2v) is 30.8. The summed E-state index contributed by atoms with van der Waals surface area (Å²) in [5.41, 5.74) is -3.21. The topological polar surface area (TPSA) is 583 Å². The van der Waals surface area contributed by atoms with Crippen LogP contribution < -0.4 is 179 Å². The minimum Gasteiger partial charge on any atom is -0.744 e. The van der Waals surface area contributed by atoms with Crippen LogP contribution in [0.3, 0.4) is 0 Å². The number of carbonyl (C=O) groups excluding carboxylic acids is 2. The minimum absolute atomic E-state index is 0. The number of carbonyl (C=O) groups is 2. The minimum atomic E-state index is -5.40. The van der Waals surface area contributed by atoms with Gasteiger partial charge in [-0.1, -0.05) is 70.7 Å². The Bertz CT molecular complexity index is 5510. The van der Waals surface area contributed by atoms with Gasteiger partial charge in [-0.2, -0.15) is 70.6 Å². The van der Waals surface area contributed by atoms with Crippen LogP contribution in [-0.2, 0) is 70.3 Å². The smallest absolute Gasteiger partial charge is 0.744 e. The molecule has 2 aliphatic heterocycles. The molecule has 2 amide bonds. The van der Waals surface area contributed by atoms with E-state index in [0.717, 1.165) is 84.9 Å². The monoisotopic (exact) mass is 1740 g/mol. The molecule has 2 aliphatic rings. The number of azo groups is 2. The van der Waals surface area contributed by atoms with Crippen LogP contribution in [0.5, 0.6) is 0 Å². The number of nitrogens with one attached hydrogen (secondary N) is 4. The second-order valence-electron chi connectivity index (χ2n) is 20.4. The Hall–Kier alpha value is -4.04. The molecule has 2 aromatic heterocycles. The molecule has 0 radical (unpaired) electrons. The zero-order chi connectivity index (χ0) is 74.7. The summed E-state index contributed by atoms with van der Waals surface area (Å²) in [5.74, 6) is -3.57. The first-order valence-electron chi connectivity index (χ1n) is 26.9. The van der Waals surface area contributed by atoms with E-state index in [4.69, 9.17) is 69.6 Å². The largest absolute Gasteiger partial charge is 1.00 e. The third-order valence-electron chi connectivity index (χ3n) is 13.5. The van der Waals surface area contributed by atoms with Gasteiger partial charge in [0.05, 0.1) is 72.3 Å². The van der Waals surface area contributed by atoms with Crippen molar-refractivity contribution in [3.63, 3.8) is 0 Å². The van der Waals surface area contributed by atoms with Crippen LogP contribution in [0.15, 0.2) is 157 Å². The van der Waals surface area contributed by atoms with Crippen molar-refractivity contribution < 1.29 is 235 Å². The number of hydrogen-bond donors (Lipinski definition) is 4. The number of benzene rings is 6. The van der Waals surface area contributed by atoms with E-state index in [2.05, 4.69) is 81.8 Å². The number of halogens is 6. The van der Waals surface area contributed by atoms with Crippen LogP contribution in [0.1, 0.15) is 25.0 Å². The van der Waals surface area contributed by atoms with E-state index in [1.54, 1.807) is 0 Å². The molecular weight excluding hydrogens is 1720 g/mol. The summed E-state index contributed by atoms with van der Waals surface area (Å²) in [5, 5.41) is 32.4. The van der Waals surface area contributed by atoms with Gasteiger partial charge in [0.1, 0.15) is 72.1 Å². The molecule has 4 N–H and O–H groups in total. The number of nitrogens with zero attached hydrogens (tertiary/aromatic N) is 14. The maximum Gasteiger partial charge on any atom is 1.00 e. The first-order valence-corrected chi connectivity index (χ1v) is 37.6. The van der Waals surface area contributed by atoms with Gasteiger partial charge < -0.3 is 48.6 Å². The summed E-state index contributed by atoms with van der Waals surface area (Å²) in [6, 6.07) is 11.9. The molecule has 107 heavy (non-hydrogen) atoms. The van der Waals surface area contributed by atoms with E-state index < -0.39 is 180 Å². The molecule has 0 aliphatic carbocycles. The predicted molar refractivity (Wildman–Crippen MR) is 356 cm³/mol. The van der Waals surface area contributed by atoms with Crippen LogP contribution in [0.25, 0.3) is 12.2 Å². The maximum atomic E-state index is 13.5. The number of rotatable bonds is 22. The Morgan fingerprint density at radius 2 is 0.654 bits per heavy atom. The van der Waals surface area contributed by atoms with Gasteiger partial charge in [-0.05, 0) is 133 Å². The van der Waals surface area contributed by atoms with Crippen molar-refractivity contribution in [1.29, 1.82) is 0 Å². The molecule has 6 aromatic carbocycles. The zero-order valence-electron chi connectivity index (χ0n) is 54.7. The number of amides is 2. The Kier molecular flexibility index (Phi) is 32.2. The van der Waals surface area contributed by atoms with Gasteiger partial charge >= 0.3 is 148 Å². The van der Waals surface area contributed by atoms with Gasteiger partial charge in [-0.25, -0.2) is 50.5 Å². The SMILES string of the molecule is CC1=NN(c2cc(Cl)c(S(=O)(=O)[O-])cc2Cl)C(=O)C1N=Nc1cc(Nc2nc(Cl)nc(Nc3ccc(C=Cc4ccc(Nc5nc(Cl)nc(Nc6ccc(S(=O)(=O)[O-])c(N=NC7C(=O)N(c8cc(Cl)c(S(=O)(=O)[O-])cc8Cl)N=C7C)c6)n5)cc4S(=O)(=O)[O-])c(S(=O)(=O)[O-])c3)n2)ccc1S(=O)(=O)[O-].[Na+].[Na+].[Na+].[Na+].[Na+]. The van der Waals surface area contributed by atoms with Crippen LogP contribution in [0.4, 0.5) is 69.3 Å². The summed E-state index contributed by atoms with van der Waals surface area (Å²) in [4.78, 5) is 45.5. The molecule has 532 valence electrons. The molecule has 0 saturated carbocycles. The fourth-order valence-electron chi connectivity index (χ4n) is 9.03. The molecule has 38 nitrogen and oxygen atoms in total. The average molecular weight is 1750 g/mol. The second kappa shape index (κ2) is 36.8. The van der Waals surface area contributed by atoms with Gasteiger partial charge in [-0.15, -0.1) is 0 Å². The molecule has 2 unspecified atom stereocenters. The Morgan fingerprint density at radius 3 is 0.944 bits per heavy atom. The van der Waals surface area contributed by atoms with Crippen molar-refractivity contribution in [3.8, 4) is 0 Å². The van der Waals surface area contributed by atoms with Crippen molar-refractivity contribution in [2.24, 2.45) is 30.7 Å². The third kappa shape index (κ3) is 22.9. The standard InChI is InChI=1S/C52H36Cl6N18O20S6.5Na/c1-21-43(45(77)75(73-21)35-17-31(55)41(19-29(35)53)101(91,92)93)71-69-33-13-25(9-11-37(33)97(79,80)81)59-49-63-47(57)65-51(67-49)61-27-7-5-23(39(15-27)99(85,86)87)3-4-24-6-8-28(16-40(24)100(88,89)90)62-52-66-48(58)64-50(68-52)60-26-10-12-38(98(82,83)84)34(14-26)70-72-44-22(2)74-76(46(44)78)36-18-32(56)42(20-30(36)54)102(94,95)96;;;;;/h3-20,43-44H,1-2H3,(H,79,80,81)(H,82,83,84)(H,85,86,87)(H,88,89,90)(H,91,92,93)(H,94,95,96)(H2,59,61,63,65,67)(H2,60,62,64,66,68);;;;;/q;5*+1/p-6. The molecule has 10 rings (SSSR count). The van der Waals surface area contributed by atoms with Gasteiger partial charge in [0.25, 0.3) is 11.8 Å². The van der Waals surface area contributed by atoms with E-state index >= 15 is 0 Å². The van der Waals surface area contributed by atoms with Gasteiger partial charge in [0, 0.05) is 22.7 Å². The summed E-state index contributed by atoms with van der Waals surface area (Å²) < 4.78 is 220. The first-order chi connectivity index (χ1) is 47.4. The Balaban J connectivity index is 0.00000411. The van der Waals surface area contributed by atoms with E-state index in [0.29, 0.717) is 22.2 Å². The molecule has 4 heterocycles. The summed E-state index contributed by atoms with van der Waals surface area (Å²) in [6.45, 7) is 2.62. The van der Waals surface area contributed by atoms with E-state index in [9.17, 15) is 87.4 Å². The van der Waals surface area contributed by atoms with E-state index in [1.807, 2.05) is 0 Å². The molecule has 2 atom stereocenters. The summed E-state index contributed by atoms with van der Waals surface area (Å²) >= 11 is 36.7. The normalized spacial score (nSPS) is 14.9. The van der Waals surface area contributed by atoms with Crippen LogP contribution in [0.2, 0.25) is 30.7 Å². The quantitative estimate of drug-likeness (QED) is 0.0212. The molecule has 0 bridgehead atoms. The van der Waals surface area contributed by atoms with Gasteiger partial charge in [0.15, 0.2) is 12.1 Å². The Labute approximate surface area is 745 Å². The van der Waals surface area contributed by atoms with Gasteiger partial charge in [0.2, 0.25) is 34.4 Å². The molecule has 55 heteroatoms. The zero-order valence-corrected chi connectivity index (χ0v) is 74.1. The fraction of sp³-hybridized carbons (Fsp3) is 0.0769. The molecule has 8 aromatic rings. The average Bonchev–Trinajstić information content (AvgIpc) is 1.70. The van der Waals surface area contributed by atoms with Crippen LogP contribution in [-0.4, -0.2) is 143 Å². The molecular formula is C52H30Cl6N18Na5O20S6-. The summed E-state index contributed by atoms with van der Waals surface area (Å²) in [6.07, 6.45) is 1.97. The Morgan fingerprint density at radius 1 is 0.374 bits per heavy atom. The van der Waals surface area contributed by atoms with Crippen molar-refractivity contribution in [3.05, 3.63) is 139 Å². The predicted octanol–water partition coefficient (Wildman–Crippen LogP) is -6.68. The summed E-state index contributed by atoms with van der Waals surface area (Å²) in [7, 11) is -31.6. The van der Waals surface area contributed by atoms with Gasteiger partial charge in [-0.3, -0.25) is 9.59 Å². The van der Waals surface area contributed by atoms with Crippen molar-refractivity contribution in [2.75, 3.05) is 31.3 Å². The number of hydrazone groups is 2. The molecule has 0 saturated heterocycles. The van der Waals surface area contributed by atoms with Crippen molar-refractivity contribution >= 4 is 235 Å². The van der Waals surface area contributed by atoms with Crippen LogP contribution >= 0.6 is 69.6 Å². The molecule has 0 fully saturated rings. The number of aromatic nitrogens is 6. The number of hydrogen-bond acceptors (Lipinski definition) is 36. The van der Waals surface area contributed by atoms with Crippen LogP contribution in [0, 0.1) is 0 Å². The maximum absolute atomic E-state index is 13.5. The van der Waals surface area contributed by atoms with Crippen molar-refractivity contribution in [2.45, 2.75) is 55.3 Å². The number of anilines is 10.